The molecule has 0 saturated heterocycles. The number of hydrogen-bond donors (Lipinski definition) is 0. The van der Waals surface area contributed by atoms with E-state index in [9.17, 15) is 0 Å². The maximum Gasteiger partial charge on any atom is -0.0140 e. The first-order chi connectivity index (χ1) is 14.0. The minimum absolute atomic E-state index is 0.438. The van der Waals surface area contributed by atoms with Gasteiger partial charge in [-0.25, -0.2) is 0 Å². The van der Waals surface area contributed by atoms with Crippen LogP contribution in [0.25, 0.3) is 0 Å². The molecule has 0 N–H and O–H groups in total. The zero-order valence-corrected chi connectivity index (χ0v) is 21.1. The highest BCUT2D eigenvalue weighted by molar-refractivity contribution is 5.29. The minimum Gasteiger partial charge on any atom is -0.0993 e. The van der Waals surface area contributed by atoms with Crippen molar-refractivity contribution >= 4 is 0 Å². The summed E-state index contributed by atoms with van der Waals surface area (Å²) in [6.45, 7) is 21.2. The van der Waals surface area contributed by atoms with Gasteiger partial charge < -0.3 is 0 Å². The third-order valence-electron chi connectivity index (χ3n) is 8.81. The van der Waals surface area contributed by atoms with E-state index in [4.69, 9.17) is 0 Å². The lowest BCUT2D eigenvalue weighted by molar-refractivity contribution is 0.155. The van der Waals surface area contributed by atoms with Crippen LogP contribution < -0.4 is 0 Å². The molecule has 30 heavy (non-hydrogen) atoms. The van der Waals surface area contributed by atoms with E-state index >= 15 is 0 Å². The number of fused-ring (bicyclic) bond motifs is 1. The lowest BCUT2D eigenvalue weighted by Crippen LogP contribution is -2.33. The molecule has 0 aliphatic heterocycles. The Hall–Kier alpha value is -1.04. The highest BCUT2D eigenvalue weighted by Gasteiger charge is 2.49. The highest BCUT2D eigenvalue weighted by Crippen LogP contribution is 2.59. The average molecular weight is 409 g/mol. The first kappa shape index (κ1) is 23.6. The highest BCUT2D eigenvalue weighted by atomic mass is 14.5. The Morgan fingerprint density at radius 1 is 1.10 bits per heavy atom. The van der Waals surface area contributed by atoms with Gasteiger partial charge in [-0.15, -0.1) is 0 Å². The van der Waals surface area contributed by atoms with E-state index in [0.29, 0.717) is 22.7 Å². The second kappa shape index (κ2) is 9.22. The summed E-state index contributed by atoms with van der Waals surface area (Å²) in [5.74, 6) is 2.88. The van der Waals surface area contributed by atoms with Crippen LogP contribution in [0.4, 0.5) is 0 Å². The van der Waals surface area contributed by atoms with E-state index in [1.165, 1.54) is 63.4 Å². The quantitative estimate of drug-likeness (QED) is 0.406. The molecule has 3 aliphatic carbocycles. The van der Waals surface area contributed by atoms with Gasteiger partial charge in [-0.2, -0.15) is 0 Å². The first-order valence-corrected chi connectivity index (χ1v) is 12.7. The Bertz CT molecular complexity index is 706. The molecule has 168 valence electrons. The molecule has 0 aromatic heterocycles. The van der Waals surface area contributed by atoms with Crippen LogP contribution in [0.1, 0.15) is 106 Å². The molecule has 0 heteroatoms. The van der Waals surface area contributed by atoms with Gasteiger partial charge in [-0.05, 0) is 99.2 Å². The predicted molar refractivity (Wildman–Crippen MR) is 133 cm³/mol. The fourth-order valence-corrected chi connectivity index (χ4v) is 6.84. The van der Waals surface area contributed by atoms with Gasteiger partial charge >= 0.3 is 0 Å². The van der Waals surface area contributed by atoms with Crippen molar-refractivity contribution in [2.45, 2.75) is 106 Å². The van der Waals surface area contributed by atoms with Gasteiger partial charge in [-0.1, -0.05) is 88.6 Å². The molecule has 0 amide bonds. The van der Waals surface area contributed by atoms with Gasteiger partial charge in [0, 0.05) is 0 Å². The van der Waals surface area contributed by atoms with Gasteiger partial charge in [0.15, 0.2) is 0 Å². The van der Waals surface area contributed by atoms with Crippen LogP contribution in [0.3, 0.4) is 0 Å². The summed E-state index contributed by atoms with van der Waals surface area (Å²) in [5, 5.41) is 0. The largest absolute Gasteiger partial charge is 0.0993 e. The van der Waals surface area contributed by atoms with Crippen molar-refractivity contribution in [3.8, 4) is 0 Å². The summed E-state index contributed by atoms with van der Waals surface area (Å²) in [6, 6.07) is 0. The van der Waals surface area contributed by atoms with Gasteiger partial charge in [0.1, 0.15) is 0 Å². The molecule has 3 rings (SSSR count). The molecule has 3 saturated carbocycles. The lowest BCUT2D eigenvalue weighted by atomic mass is 9.62. The third kappa shape index (κ3) is 5.23. The fourth-order valence-electron chi connectivity index (χ4n) is 6.84. The number of rotatable bonds is 4. The molecule has 5 atom stereocenters. The second-order valence-electron chi connectivity index (χ2n) is 12.4. The molecule has 0 nitrogen and oxygen atoms in total. The van der Waals surface area contributed by atoms with Crippen molar-refractivity contribution in [3.05, 3.63) is 47.1 Å². The van der Waals surface area contributed by atoms with E-state index in [1.54, 1.807) is 16.7 Å². The summed E-state index contributed by atoms with van der Waals surface area (Å²) >= 11 is 0. The van der Waals surface area contributed by atoms with Crippen LogP contribution in [0.15, 0.2) is 47.1 Å². The van der Waals surface area contributed by atoms with Gasteiger partial charge in [-0.3, -0.25) is 0 Å². The summed E-state index contributed by atoms with van der Waals surface area (Å²) in [6.07, 6.45) is 19.5. The van der Waals surface area contributed by atoms with E-state index in [0.717, 1.165) is 11.8 Å². The van der Waals surface area contributed by atoms with E-state index in [2.05, 4.69) is 73.3 Å². The summed E-state index contributed by atoms with van der Waals surface area (Å²) in [5.41, 5.74) is 7.45. The molecule has 0 bridgehead atoms. The van der Waals surface area contributed by atoms with Gasteiger partial charge in [0.05, 0.1) is 0 Å². The van der Waals surface area contributed by atoms with Crippen molar-refractivity contribution in [2.24, 2.45) is 34.5 Å². The maximum absolute atomic E-state index is 4.32. The third-order valence-corrected chi connectivity index (χ3v) is 8.81. The summed E-state index contributed by atoms with van der Waals surface area (Å²) < 4.78 is 0. The SMILES string of the molecule is C=C1[C@H](C)CC(=C/C=C2\CCC[C@]3(C)[C@@H](/C(C)=C/CCC(C)(C)C)CC[C@@H]23)C[C@H]1C. The Morgan fingerprint density at radius 3 is 2.40 bits per heavy atom. The topological polar surface area (TPSA) is 0 Å². The van der Waals surface area contributed by atoms with Crippen molar-refractivity contribution in [1.82, 2.24) is 0 Å². The molecule has 0 radical (unpaired) electrons. The summed E-state index contributed by atoms with van der Waals surface area (Å²) in [4.78, 5) is 0. The Balaban J connectivity index is 1.73. The van der Waals surface area contributed by atoms with Crippen molar-refractivity contribution in [1.29, 1.82) is 0 Å². The summed E-state index contributed by atoms with van der Waals surface area (Å²) in [7, 11) is 0. The zero-order valence-electron chi connectivity index (χ0n) is 21.1. The normalized spacial score (nSPS) is 36.9. The standard InChI is InChI=1S/C30H48/c1-21(11-9-17-29(5,6)7)27-15-16-28-26(12-10-18-30(27,28)8)14-13-25-19-22(2)24(4)23(3)20-25/h11,13-14,22-23,27-28H,4,9-10,12,15-20H2,1-3,5-8H3/b21-11+,26-14+/t22-,23-,27-,28+,30-/m1/s1. The van der Waals surface area contributed by atoms with Crippen LogP contribution in [0.2, 0.25) is 0 Å². The van der Waals surface area contributed by atoms with E-state index < -0.39 is 0 Å². The van der Waals surface area contributed by atoms with Crippen LogP contribution in [0, 0.1) is 34.5 Å². The number of hydrogen-bond acceptors (Lipinski definition) is 0. The second-order valence-corrected chi connectivity index (χ2v) is 12.4. The van der Waals surface area contributed by atoms with Crippen LogP contribution in [0.5, 0.6) is 0 Å². The molecule has 3 fully saturated rings. The molecule has 3 aliphatic rings. The molecular weight excluding hydrogens is 360 g/mol. The van der Waals surface area contributed by atoms with Crippen molar-refractivity contribution < 1.29 is 0 Å². The fraction of sp³-hybridized carbons (Fsp3) is 0.733. The van der Waals surface area contributed by atoms with Crippen LogP contribution in [-0.2, 0) is 0 Å². The van der Waals surface area contributed by atoms with E-state index in [-0.39, 0.29) is 0 Å². The van der Waals surface area contributed by atoms with Crippen molar-refractivity contribution in [3.63, 3.8) is 0 Å². The predicted octanol–water partition coefficient (Wildman–Crippen LogP) is 9.45. The molecule has 0 spiro atoms. The van der Waals surface area contributed by atoms with Crippen LogP contribution in [-0.4, -0.2) is 0 Å². The molecule has 0 heterocycles. The van der Waals surface area contributed by atoms with Crippen molar-refractivity contribution in [2.75, 3.05) is 0 Å². The maximum atomic E-state index is 4.32. The Morgan fingerprint density at radius 2 is 1.77 bits per heavy atom. The minimum atomic E-state index is 0.438. The number of allylic oxidation sites excluding steroid dienone is 7. The first-order valence-electron chi connectivity index (χ1n) is 12.7. The molecule has 0 aromatic carbocycles. The monoisotopic (exact) mass is 408 g/mol. The van der Waals surface area contributed by atoms with Gasteiger partial charge in [0.25, 0.3) is 0 Å². The smallest absolute Gasteiger partial charge is 0.0140 e. The average Bonchev–Trinajstić information content (AvgIpc) is 3.00. The molecule has 0 unspecified atom stereocenters. The molecular formula is C30H48. The Labute approximate surface area is 188 Å². The van der Waals surface area contributed by atoms with E-state index in [1.807, 2.05) is 0 Å². The molecule has 0 aromatic rings. The van der Waals surface area contributed by atoms with Gasteiger partial charge in [0.2, 0.25) is 0 Å². The Kier molecular flexibility index (Phi) is 7.26. The lowest BCUT2D eigenvalue weighted by Gasteiger charge is -2.43. The zero-order chi connectivity index (χ0) is 22.1. The van der Waals surface area contributed by atoms with Crippen LogP contribution >= 0.6 is 0 Å².